The van der Waals surface area contributed by atoms with Crippen molar-refractivity contribution in [1.82, 2.24) is 9.97 Å². The molecule has 0 spiro atoms. The number of H-pyrrole nitrogens is 1. The molecule has 2 rings (SSSR count). The fourth-order valence-electron chi connectivity index (χ4n) is 1.30. The molecule has 0 radical (unpaired) electrons. The van der Waals surface area contributed by atoms with Crippen molar-refractivity contribution in [1.29, 1.82) is 0 Å². The highest BCUT2D eigenvalue weighted by atomic mass is 32.1. The highest BCUT2D eigenvalue weighted by molar-refractivity contribution is 7.71. The smallest absolute Gasteiger partial charge is 0.204 e. The summed E-state index contributed by atoms with van der Waals surface area (Å²) in [6, 6.07) is 7.91. The number of fused-ring (bicyclic) bond motifs is 1. The minimum atomic E-state index is 0.642. The summed E-state index contributed by atoms with van der Waals surface area (Å²) in [5, 5.41) is 0.994. The van der Waals surface area contributed by atoms with Gasteiger partial charge in [0.15, 0.2) is 0 Å². The summed E-state index contributed by atoms with van der Waals surface area (Å²) in [5.41, 5.74) is 1.02. The van der Waals surface area contributed by atoms with E-state index in [1.165, 1.54) is 0 Å². The van der Waals surface area contributed by atoms with Gasteiger partial charge >= 0.3 is 0 Å². The lowest BCUT2D eigenvalue weighted by molar-refractivity contribution is 1.01. The van der Waals surface area contributed by atoms with Crippen LogP contribution in [0.4, 0.5) is 5.95 Å². The summed E-state index contributed by atoms with van der Waals surface area (Å²) < 4.78 is 0.642. The van der Waals surface area contributed by atoms with Gasteiger partial charge in [-0.1, -0.05) is 24.4 Å². The van der Waals surface area contributed by atoms with Crippen molar-refractivity contribution < 1.29 is 0 Å². The third-order valence-electron chi connectivity index (χ3n) is 2.03. The molecule has 3 nitrogen and oxygen atoms in total. The van der Waals surface area contributed by atoms with Crippen LogP contribution in [0.5, 0.6) is 0 Å². The van der Waals surface area contributed by atoms with E-state index in [1.807, 2.05) is 43.3 Å². The Labute approximate surface area is 87.4 Å². The molecule has 0 fully saturated rings. The molecule has 14 heavy (non-hydrogen) atoms. The highest BCUT2D eigenvalue weighted by Crippen LogP contribution is 2.14. The van der Waals surface area contributed by atoms with E-state index in [0.717, 1.165) is 16.9 Å². The molecule has 4 heteroatoms. The fraction of sp³-hybridized carbons (Fsp3) is 0.200. The second kappa shape index (κ2) is 3.38. The average molecular weight is 205 g/mol. The number of hydrogen-bond donors (Lipinski definition) is 1. The van der Waals surface area contributed by atoms with Crippen molar-refractivity contribution in [3.63, 3.8) is 0 Å². The minimum Gasteiger partial charge on any atom is -0.348 e. The Morgan fingerprint density at radius 2 is 2.00 bits per heavy atom. The number of aromatic nitrogens is 2. The van der Waals surface area contributed by atoms with Crippen LogP contribution in [-0.4, -0.2) is 24.1 Å². The molecular formula is C10H11N3S. The van der Waals surface area contributed by atoms with Gasteiger partial charge < -0.3 is 9.88 Å². The van der Waals surface area contributed by atoms with Crippen molar-refractivity contribution >= 4 is 29.1 Å². The van der Waals surface area contributed by atoms with Crippen molar-refractivity contribution in [3.05, 3.63) is 28.9 Å². The van der Waals surface area contributed by atoms with Gasteiger partial charge in [0.05, 0.1) is 5.52 Å². The van der Waals surface area contributed by atoms with Crippen LogP contribution in [0.1, 0.15) is 0 Å². The van der Waals surface area contributed by atoms with E-state index in [1.54, 1.807) is 0 Å². The topological polar surface area (TPSA) is 31.9 Å². The average Bonchev–Trinajstić information content (AvgIpc) is 2.17. The van der Waals surface area contributed by atoms with Gasteiger partial charge in [0.1, 0.15) is 4.64 Å². The monoisotopic (exact) mass is 205 g/mol. The van der Waals surface area contributed by atoms with E-state index >= 15 is 0 Å². The molecule has 1 aromatic carbocycles. The molecular weight excluding hydrogens is 194 g/mol. The molecule has 1 N–H and O–H groups in total. The maximum absolute atomic E-state index is 5.20. The first kappa shape index (κ1) is 9.15. The van der Waals surface area contributed by atoms with Gasteiger partial charge in [-0.05, 0) is 12.1 Å². The van der Waals surface area contributed by atoms with Crippen molar-refractivity contribution in [2.75, 3.05) is 19.0 Å². The molecule has 0 aliphatic carbocycles. The summed E-state index contributed by atoms with van der Waals surface area (Å²) in [4.78, 5) is 9.41. The predicted octanol–water partition coefficient (Wildman–Crippen LogP) is 2.36. The molecule has 0 aliphatic heterocycles. The van der Waals surface area contributed by atoms with E-state index in [9.17, 15) is 0 Å². The number of nitrogens with zero attached hydrogens (tertiary/aromatic N) is 2. The number of nitrogens with one attached hydrogen (secondary N) is 1. The molecule has 2 aromatic rings. The van der Waals surface area contributed by atoms with Gasteiger partial charge in [-0.3, -0.25) is 0 Å². The Hall–Kier alpha value is -1.42. The summed E-state index contributed by atoms with van der Waals surface area (Å²) in [6.07, 6.45) is 0. The Bertz CT molecular complexity index is 516. The van der Waals surface area contributed by atoms with Crippen molar-refractivity contribution in [2.45, 2.75) is 0 Å². The zero-order chi connectivity index (χ0) is 10.1. The van der Waals surface area contributed by atoms with Crippen LogP contribution >= 0.6 is 12.2 Å². The largest absolute Gasteiger partial charge is 0.348 e. The van der Waals surface area contributed by atoms with Crippen molar-refractivity contribution in [3.8, 4) is 0 Å². The quantitative estimate of drug-likeness (QED) is 0.725. The van der Waals surface area contributed by atoms with Crippen molar-refractivity contribution in [2.24, 2.45) is 0 Å². The lowest BCUT2D eigenvalue weighted by Gasteiger charge is -2.11. The Morgan fingerprint density at radius 1 is 1.29 bits per heavy atom. The molecule has 0 bridgehead atoms. The lowest BCUT2D eigenvalue weighted by atomic mass is 10.2. The SMILES string of the molecule is CN(C)c1nc(=S)c2ccccc2[nH]1. The van der Waals surface area contributed by atoms with Gasteiger partial charge in [0.25, 0.3) is 0 Å². The zero-order valence-corrected chi connectivity index (χ0v) is 8.93. The lowest BCUT2D eigenvalue weighted by Crippen LogP contribution is -2.12. The summed E-state index contributed by atoms with van der Waals surface area (Å²) in [7, 11) is 3.87. The molecule has 0 amide bonds. The van der Waals surface area contributed by atoms with E-state index < -0.39 is 0 Å². The summed E-state index contributed by atoms with van der Waals surface area (Å²) >= 11 is 5.20. The van der Waals surface area contributed by atoms with Crippen LogP contribution in [0.3, 0.4) is 0 Å². The Balaban J connectivity index is 2.79. The number of aromatic amines is 1. The second-order valence-electron chi connectivity index (χ2n) is 3.31. The van der Waals surface area contributed by atoms with Gasteiger partial charge in [0.2, 0.25) is 5.95 Å². The maximum atomic E-state index is 5.20. The second-order valence-corrected chi connectivity index (χ2v) is 3.69. The first-order valence-corrected chi connectivity index (χ1v) is 4.75. The normalized spacial score (nSPS) is 10.4. The minimum absolute atomic E-state index is 0.642. The molecule has 0 atom stereocenters. The molecule has 1 heterocycles. The van der Waals surface area contributed by atoms with E-state index in [4.69, 9.17) is 12.2 Å². The first-order chi connectivity index (χ1) is 6.68. The summed E-state index contributed by atoms with van der Waals surface area (Å²) in [6.45, 7) is 0. The predicted molar refractivity (Wildman–Crippen MR) is 61.3 cm³/mol. The highest BCUT2D eigenvalue weighted by Gasteiger charge is 2.00. The van der Waals surface area contributed by atoms with E-state index in [0.29, 0.717) is 4.64 Å². The molecule has 72 valence electrons. The van der Waals surface area contributed by atoms with Crippen LogP contribution in [-0.2, 0) is 0 Å². The van der Waals surface area contributed by atoms with Crippen LogP contribution < -0.4 is 4.90 Å². The Kier molecular flexibility index (Phi) is 2.21. The number of para-hydroxylation sites is 1. The number of hydrogen-bond acceptors (Lipinski definition) is 3. The standard InChI is InChI=1S/C10H11N3S/c1-13(2)10-11-8-6-4-3-5-7(8)9(14)12-10/h3-6H,1-2H3,(H,11,12,14). The van der Waals surface area contributed by atoms with Crippen LogP contribution in [0.2, 0.25) is 0 Å². The first-order valence-electron chi connectivity index (χ1n) is 4.35. The molecule has 0 unspecified atom stereocenters. The van der Waals surface area contributed by atoms with Gasteiger partial charge in [-0.15, -0.1) is 0 Å². The molecule has 0 saturated carbocycles. The number of benzene rings is 1. The molecule has 0 saturated heterocycles. The van der Waals surface area contributed by atoms with Crippen LogP contribution in [0, 0.1) is 4.64 Å². The van der Waals surface area contributed by atoms with Crippen LogP contribution in [0.25, 0.3) is 10.9 Å². The van der Waals surface area contributed by atoms with Crippen LogP contribution in [0.15, 0.2) is 24.3 Å². The third kappa shape index (κ3) is 1.48. The fourth-order valence-corrected chi connectivity index (χ4v) is 1.56. The Morgan fingerprint density at radius 3 is 2.71 bits per heavy atom. The molecule has 1 aromatic heterocycles. The number of rotatable bonds is 1. The van der Waals surface area contributed by atoms with E-state index in [-0.39, 0.29) is 0 Å². The number of anilines is 1. The maximum Gasteiger partial charge on any atom is 0.204 e. The third-order valence-corrected chi connectivity index (χ3v) is 2.35. The van der Waals surface area contributed by atoms with Gasteiger partial charge in [-0.25, -0.2) is 4.98 Å². The van der Waals surface area contributed by atoms with Gasteiger partial charge in [-0.2, -0.15) is 0 Å². The van der Waals surface area contributed by atoms with E-state index in [2.05, 4.69) is 9.97 Å². The van der Waals surface area contributed by atoms with Gasteiger partial charge in [0, 0.05) is 19.5 Å². The summed E-state index contributed by atoms with van der Waals surface area (Å²) in [5.74, 6) is 0.786. The zero-order valence-electron chi connectivity index (χ0n) is 8.11. The molecule has 0 aliphatic rings.